The van der Waals surface area contributed by atoms with Gasteiger partial charge in [0.05, 0.1) is 30.7 Å². The largest absolute Gasteiger partial charge is 0.379 e. The second kappa shape index (κ2) is 13.7. The zero-order valence-electron chi connectivity index (χ0n) is 25.0. The standard InChI is InChI=1S/C34H35Cl2FN4O3S/c1-22-3-7-25(8-4-22)45-34(33(43)38-11-2-12-40-13-15-44-16-14-40)19-31(42)41(21-23-5-10-28(36)29(37)17-23)32(34)27-20-39-30-18-24(35)6-9-26(27)30/h3-10,17-18,20,32,39H,2,11-16,19,21H2,1H3,(H,38,43)/t32-,34-/m1/s1. The van der Waals surface area contributed by atoms with Gasteiger partial charge in [-0.25, -0.2) is 4.39 Å². The van der Waals surface area contributed by atoms with E-state index in [1.807, 2.05) is 49.5 Å². The minimum Gasteiger partial charge on any atom is -0.379 e. The molecule has 0 bridgehead atoms. The maximum Gasteiger partial charge on any atom is 0.239 e. The van der Waals surface area contributed by atoms with E-state index in [0.717, 1.165) is 66.2 Å². The molecule has 7 nitrogen and oxygen atoms in total. The molecular formula is C34H35Cl2FN4O3S. The number of ether oxygens (including phenoxy) is 1. The molecule has 0 unspecified atom stereocenters. The summed E-state index contributed by atoms with van der Waals surface area (Å²) in [4.78, 5) is 36.9. The minimum atomic E-state index is -1.22. The molecule has 45 heavy (non-hydrogen) atoms. The Bertz CT molecular complexity index is 1690. The quantitative estimate of drug-likeness (QED) is 0.183. The Hall–Kier alpha value is -3.08. The maximum atomic E-state index is 14.6. The summed E-state index contributed by atoms with van der Waals surface area (Å²) < 4.78 is 18.8. The van der Waals surface area contributed by atoms with Crippen LogP contribution in [-0.4, -0.2) is 70.7 Å². The number of benzene rings is 3. The minimum absolute atomic E-state index is 0.0114. The summed E-state index contributed by atoms with van der Waals surface area (Å²) in [5.41, 5.74) is 3.28. The molecule has 4 aromatic rings. The number of aryl methyl sites for hydroxylation is 1. The molecule has 2 aliphatic heterocycles. The summed E-state index contributed by atoms with van der Waals surface area (Å²) in [5, 5.41) is 4.65. The number of aromatic nitrogens is 1. The van der Waals surface area contributed by atoms with Crippen molar-refractivity contribution in [2.24, 2.45) is 0 Å². The van der Waals surface area contributed by atoms with Gasteiger partial charge in [0.2, 0.25) is 11.8 Å². The van der Waals surface area contributed by atoms with Crippen molar-refractivity contribution >= 4 is 57.7 Å². The van der Waals surface area contributed by atoms with Gasteiger partial charge in [-0.3, -0.25) is 14.5 Å². The lowest BCUT2D eigenvalue weighted by atomic mass is 9.91. The van der Waals surface area contributed by atoms with E-state index in [-0.39, 0.29) is 29.8 Å². The van der Waals surface area contributed by atoms with Gasteiger partial charge in [-0.15, -0.1) is 11.8 Å². The predicted molar refractivity (Wildman–Crippen MR) is 177 cm³/mol. The van der Waals surface area contributed by atoms with Gasteiger partial charge >= 0.3 is 0 Å². The molecule has 0 saturated carbocycles. The van der Waals surface area contributed by atoms with Crippen LogP contribution in [0, 0.1) is 12.7 Å². The Morgan fingerprint density at radius 2 is 1.89 bits per heavy atom. The van der Waals surface area contributed by atoms with E-state index >= 15 is 0 Å². The number of likely N-dealkylation sites (tertiary alicyclic amines) is 1. The Kier molecular flexibility index (Phi) is 9.73. The van der Waals surface area contributed by atoms with E-state index in [0.29, 0.717) is 17.1 Å². The molecule has 3 heterocycles. The average Bonchev–Trinajstić information content (AvgIpc) is 3.56. The maximum absolute atomic E-state index is 14.6. The van der Waals surface area contributed by atoms with E-state index in [9.17, 15) is 14.0 Å². The third-order valence-electron chi connectivity index (χ3n) is 8.54. The summed E-state index contributed by atoms with van der Waals surface area (Å²) in [6, 6.07) is 17.4. The molecule has 1 aromatic heterocycles. The van der Waals surface area contributed by atoms with Gasteiger partial charge in [0.15, 0.2) is 0 Å². The predicted octanol–water partition coefficient (Wildman–Crippen LogP) is 6.77. The summed E-state index contributed by atoms with van der Waals surface area (Å²) >= 11 is 13.7. The van der Waals surface area contributed by atoms with Crippen molar-refractivity contribution in [1.29, 1.82) is 0 Å². The van der Waals surface area contributed by atoms with Crippen LogP contribution in [0.25, 0.3) is 10.9 Å². The van der Waals surface area contributed by atoms with Crippen molar-refractivity contribution in [2.45, 2.75) is 42.0 Å². The lowest BCUT2D eigenvalue weighted by Gasteiger charge is -2.36. The molecule has 0 spiro atoms. The summed E-state index contributed by atoms with van der Waals surface area (Å²) in [7, 11) is 0. The second-order valence-electron chi connectivity index (χ2n) is 11.7. The van der Waals surface area contributed by atoms with Crippen LogP contribution in [0.5, 0.6) is 0 Å². The Balaban J connectivity index is 1.40. The Morgan fingerprint density at radius 1 is 1.11 bits per heavy atom. The number of nitrogens with zero attached hydrogens (tertiary/aromatic N) is 2. The van der Waals surface area contributed by atoms with Crippen molar-refractivity contribution in [3.05, 3.63) is 99.4 Å². The first-order chi connectivity index (χ1) is 21.7. The van der Waals surface area contributed by atoms with Gasteiger partial charge in [-0.05, 0) is 61.9 Å². The van der Waals surface area contributed by atoms with Crippen molar-refractivity contribution in [2.75, 3.05) is 39.4 Å². The fourth-order valence-electron chi connectivity index (χ4n) is 6.24. The topological polar surface area (TPSA) is 77.7 Å². The number of thioether (sulfide) groups is 1. The van der Waals surface area contributed by atoms with E-state index in [1.165, 1.54) is 23.9 Å². The van der Waals surface area contributed by atoms with Gasteiger partial charge in [0.1, 0.15) is 10.6 Å². The molecular weight excluding hydrogens is 634 g/mol. The van der Waals surface area contributed by atoms with E-state index in [1.54, 1.807) is 17.0 Å². The van der Waals surface area contributed by atoms with E-state index in [4.69, 9.17) is 27.9 Å². The van der Waals surface area contributed by atoms with Gasteiger partial charge in [0, 0.05) is 58.8 Å². The zero-order valence-corrected chi connectivity index (χ0v) is 27.3. The van der Waals surface area contributed by atoms with Crippen LogP contribution < -0.4 is 5.32 Å². The van der Waals surface area contributed by atoms with Crippen LogP contribution >= 0.6 is 35.0 Å². The normalized spacial score (nSPS) is 20.7. The van der Waals surface area contributed by atoms with Crippen molar-refractivity contribution in [3.63, 3.8) is 0 Å². The first-order valence-corrected chi connectivity index (χ1v) is 16.6. The number of carbonyl (C=O) groups is 2. The number of fused-ring (bicyclic) bond motifs is 1. The van der Waals surface area contributed by atoms with Gasteiger partial charge in [-0.2, -0.15) is 0 Å². The van der Waals surface area contributed by atoms with Crippen molar-refractivity contribution < 1.29 is 18.7 Å². The van der Waals surface area contributed by atoms with Crippen LogP contribution in [0.4, 0.5) is 4.39 Å². The number of nitrogens with one attached hydrogen (secondary N) is 2. The van der Waals surface area contributed by atoms with Crippen molar-refractivity contribution in [1.82, 2.24) is 20.1 Å². The number of halogens is 3. The van der Waals surface area contributed by atoms with Gasteiger partial charge in [0.25, 0.3) is 0 Å². The van der Waals surface area contributed by atoms with Crippen LogP contribution in [0.15, 0.2) is 71.8 Å². The number of H-pyrrole nitrogens is 1. The van der Waals surface area contributed by atoms with Gasteiger partial charge in [-0.1, -0.05) is 53.0 Å². The molecule has 2 atom stereocenters. The summed E-state index contributed by atoms with van der Waals surface area (Å²) in [6.07, 6.45) is 2.60. The third-order valence-corrected chi connectivity index (χ3v) is 10.5. The fourth-order valence-corrected chi connectivity index (χ4v) is 7.95. The van der Waals surface area contributed by atoms with Crippen molar-refractivity contribution in [3.8, 4) is 0 Å². The molecule has 3 aromatic carbocycles. The molecule has 2 saturated heterocycles. The molecule has 0 aliphatic carbocycles. The molecule has 11 heteroatoms. The molecule has 2 fully saturated rings. The van der Waals surface area contributed by atoms with Crippen LogP contribution in [0.2, 0.25) is 10.0 Å². The van der Waals surface area contributed by atoms with Crippen LogP contribution in [-0.2, 0) is 20.9 Å². The monoisotopic (exact) mass is 668 g/mol. The lowest BCUT2D eigenvalue weighted by molar-refractivity contribution is -0.129. The number of amides is 2. The molecule has 2 amide bonds. The third kappa shape index (κ3) is 6.88. The summed E-state index contributed by atoms with van der Waals surface area (Å²) in [6.45, 7) is 6.63. The second-order valence-corrected chi connectivity index (χ2v) is 13.9. The SMILES string of the molecule is Cc1ccc(S[C@]2(C(=O)NCCCN3CCOCC3)CC(=O)N(Cc3ccc(Cl)c(F)c3)[C@@H]2c2c[nH]c3cc(Cl)ccc23)cc1. The smallest absolute Gasteiger partial charge is 0.239 e. The number of hydrogen-bond acceptors (Lipinski definition) is 5. The Morgan fingerprint density at radius 3 is 2.64 bits per heavy atom. The lowest BCUT2D eigenvalue weighted by Crippen LogP contribution is -2.48. The average molecular weight is 670 g/mol. The first kappa shape index (κ1) is 31.9. The molecule has 6 rings (SSSR count). The van der Waals surface area contributed by atoms with Gasteiger partial charge < -0.3 is 19.9 Å². The highest BCUT2D eigenvalue weighted by atomic mass is 35.5. The fraction of sp³-hybridized carbons (Fsp3) is 0.353. The highest BCUT2D eigenvalue weighted by Gasteiger charge is 2.58. The highest BCUT2D eigenvalue weighted by Crippen LogP contribution is 2.54. The van der Waals surface area contributed by atoms with Crippen LogP contribution in [0.1, 0.15) is 35.6 Å². The first-order valence-electron chi connectivity index (χ1n) is 15.1. The number of rotatable bonds is 10. The molecule has 2 N–H and O–H groups in total. The Labute approximate surface area is 276 Å². The summed E-state index contributed by atoms with van der Waals surface area (Å²) in [5.74, 6) is -0.958. The number of carbonyl (C=O) groups excluding carboxylic acids is 2. The molecule has 2 aliphatic rings. The number of hydrogen-bond donors (Lipinski definition) is 2. The molecule has 236 valence electrons. The zero-order chi connectivity index (χ0) is 31.6. The molecule has 0 radical (unpaired) electrons. The van der Waals surface area contributed by atoms with E-state index < -0.39 is 16.6 Å². The van der Waals surface area contributed by atoms with Crippen LogP contribution in [0.3, 0.4) is 0 Å². The highest BCUT2D eigenvalue weighted by molar-refractivity contribution is 8.01. The number of morpholine rings is 1. The van der Waals surface area contributed by atoms with E-state index in [2.05, 4.69) is 15.2 Å². The number of aromatic amines is 1.